The van der Waals surface area contributed by atoms with Crippen molar-refractivity contribution in [3.05, 3.63) is 41.7 Å². The second-order valence-corrected chi connectivity index (χ2v) is 3.99. The highest BCUT2D eigenvalue weighted by Gasteiger charge is 2.14. The maximum atomic E-state index is 11.1. The first-order valence-electron chi connectivity index (χ1n) is 5.63. The highest BCUT2D eigenvalue weighted by molar-refractivity contribution is 6.00. The summed E-state index contributed by atoms with van der Waals surface area (Å²) in [4.78, 5) is 26.3. The Morgan fingerprint density at radius 3 is 2.80 bits per heavy atom. The van der Waals surface area contributed by atoms with Crippen molar-refractivity contribution in [1.29, 1.82) is 5.26 Å². The number of nitrogens with zero attached hydrogens (tertiary/aromatic N) is 4. The Hall–Kier alpha value is -3.27. The van der Waals surface area contributed by atoms with Gasteiger partial charge in [-0.1, -0.05) is 0 Å². The fourth-order valence-electron chi connectivity index (χ4n) is 1.81. The Kier molecular flexibility index (Phi) is 2.62. The number of fused-ring (bicyclic) bond motifs is 1. The quantitative estimate of drug-likeness (QED) is 0.726. The van der Waals surface area contributed by atoms with Gasteiger partial charge in [-0.2, -0.15) is 5.26 Å². The van der Waals surface area contributed by atoms with Crippen molar-refractivity contribution in [2.24, 2.45) is 0 Å². The zero-order valence-electron chi connectivity index (χ0n) is 10.0. The molecule has 0 aliphatic carbocycles. The number of hydrogen-bond donors (Lipinski definition) is 2. The number of carboxylic acids is 1. The van der Waals surface area contributed by atoms with Crippen LogP contribution in [0.25, 0.3) is 22.7 Å². The third-order valence-corrected chi connectivity index (χ3v) is 2.76. The number of aromatic amines is 1. The molecule has 2 N–H and O–H groups in total. The maximum absolute atomic E-state index is 11.1. The largest absolute Gasteiger partial charge is 0.478 e. The number of H-pyrrole nitrogens is 1. The predicted molar refractivity (Wildman–Crippen MR) is 68.8 cm³/mol. The molecule has 0 amide bonds. The van der Waals surface area contributed by atoms with Gasteiger partial charge in [0.25, 0.3) is 0 Å². The molecule has 20 heavy (non-hydrogen) atoms. The van der Waals surface area contributed by atoms with Crippen molar-refractivity contribution in [2.45, 2.75) is 0 Å². The summed E-state index contributed by atoms with van der Waals surface area (Å²) in [5.41, 5.74) is 1.71. The van der Waals surface area contributed by atoms with Gasteiger partial charge in [-0.3, -0.25) is 4.98 Å². The van der Waals surface area contributed by atoms with Gasteiger partial charge < -0.3 is 10.1 Å². The molecule has 7 nitrogen and oxygen atoms in total. The van der Waals surface area contributed by atoms with E-state index in [2.05, 4.69) is 19.9 Å². The summed E-state index contributed by atoms with van der Waals surface area (Å²) < 4.78 is 0. The van der Waals surface area contributed by atoms with Crippen LogP contribution in [0.3, 0.4) is 0 Å². The lowest BCUT2D eigenvalue weighted by molar-refractivity contribution is 0.0698. The molecule has 0 atom stereocenters. The molecule has 0 radical (unpaired) electrons. The van der Waals surface area contributed by atoms with Crippen LogP contribution in [0.1, 0.15) is 15.9 Å². The van der Waals surface area contributed by atoms with Crippen molar-refractivity contribution in [3.8, 4) is 17.6 Å². The summed E-state index contributed by atoms with van der Waals surface area (Å²) in [6.45, 7) is 0. The Labute approximate surface area is 112 Å². The first kappa shape index (κ1) is 11.8. The van der Waals surface area contributed by atoms with Crippen LogP contribution < -0.4 is 0 Å². The van der Waals surface area contributed by atoms with Crippen LogP contribution in [0.4, 0.5) is 0 Å². The SMILES string of the molecule is N#Cc1ccc(-c2nc3nccc(C(=O)O)c3[nH]2)nc1. The van der Waals surface area contributed by atoms with Crippen LogP contribution in [0, 0.1) is 11.3 Å². The van der Waals surface area contributed by atoms with Gasteiger partial charge in [-0.25, -0.2) is 14.8 Å². The standard InChI is InChI=1S/C13H7N5O2/c14-5-7-1-2-9(16-6-7)11-17-10-8(13(19)20)3-4-15-12(10)18-11/h1-4,6H,(H,19,20)(H,15,17,18). The van der Waals surface area contributed by atoms with Crippen LogP contribution in [-0.4, -0.2) is 31.0 Å². The lowest BCUT2D eigenvalue weighted by Crippen LogP contribution is -1.97. The molecular weight excluding hydrogens is 258 g/mol. The van der Waals surface area contributed by atoms with E-state index >= 15 is 0 Å². The number of carboxylic acid groups (broad SMARTS) is 1. The first-order valence-corrected chi connectivity index (χ1v) is 5.63. The van der Waals surface area contributed by atoms with Crippen molar-refractivity contribution in [2.75, 3.05) is 0 Å². The van der Waals surface area contributed by atoms with E-state index in [1.54, 1.807) is 12.1 Å². The zero-order valence-corrected chi connectivity index (χ0v) is 10.0. The van der Waals surface area contributed by atoms with Crippen molar-refractivity contribution < 1.29 is 9.90 Å². The minimum absolute atomic E-state index is 0.0994. The van der Waals surface area contributed by atoms with E-state index < -0.39 is 5.97 Å². The molecule has 3 heterocycles. The Morgan fingerprint density at radius 1 is 1.30 bits per heavy atom. The summed E-state index contributed by atoms with van der Waals surface area (Å²) >= 11 is 0. The highest BCUT2D eigenvalue weighted by Crippen LogP contribution is 2.20. The number of aromatic carboxylic acids is 1. The smallest absolute Gasteiger partial charge is 0.338 e. The monoisotopic (exact) mass is 265 g/mol. The van der Waals surface area contributed by atoms with E-state index in [1.807, 2.05) is 6.07 Å². The fraction of sp³-hybridized carbons (Fsp3) is 0. The van der Waals surface area contributed by atoms with Gasteiger partial charge in [-0.05, 0) is 18.2 Å². The van der Waals surface area contributed by atoms with E-state index in [9.17, 15) is 4.79 Å². The fourth-order valence-corrected chi connectivity index (χ4v) is 1.81. The number of nitriles is 1. The normalized spacial score (nSPS) is 10.3. The molecule has 3 aromatic rings. The Balaban J connectivity index is 2.15. The number of carbonyl (C=O) groups is 1. The second-order valence-electron chi connectivity index (χ2n) is 3.99. The van der Waals surface area contributed by atoms with E-state index in [0.717, 1.165) is 0 Å². The minimum Gasteiger partial charge on any atom is -0.478 e. The third-order valence-electron chi connectivity index (χ3n) is 2.76. The van der Waals surface area contributed by atoms with Crippen LogP contribution >= 0.6 is 0 Å². The van der Waals surface area contributed by atoms with Crippen molar-refractivity contribution in [1.82, 2.24) is 19.9 Å². The van der Waals surface area contributed by atoms with Gasteiger partial charge in [0.2, 0.25) is 0 Å². The van der Waals surface area contributed by atoms with Gasteiger partial charge in [0.15, 0.2) is 11.5 Å². The lowest BCUT2D eigenvalue weighted by Gasteiger charge is -1.95. The molecule has 0 saturated heterocycles. The van der Waals surface area contributed by atoms with E-state index in [-0.39, 0.29) is 5.56 Å². The molecule has 3 rings (SSSR count). The number of pyridine rings is 2. The molecule has 0 aliphatic rings. The number of imidazole rings is 1. The van der Waals surface area contributed by atoms with E-state index in [1.165, 1.54) is 18.5 Å². The van der Waals surface area contributed by atoms with Crippen LogP contribution in [-0.2, 0) is 0 Å². The number of hydrogen-bond acceptors (Lipinski definition) is 5. The number of rotatable bonds is 2. The molecule has 0 bridgehead atoms. The van der Waals surface area contributed by atoms with Gasteiger partial charge in [0.05, 0.1) is 16.6 Å². The third kappa shape index (κ3) is 1.85. The van der Waals surface area contributed by atoms with Gasteiger partial charge in [0, 0.05) is 12.4 Å². The van der Waals surface area contributed by atoms with Crippen molar-refractivity contribution in [3.63, 3.8) is 0 Å². The molecule has 7 heteroatoms. The first-order chi connectivity index (χ1) is 9.69. The Morgan fingerprint density at radius 2 is 2.15 bits per heavy atom. The van der Waals surface area contributed by atoms with Crippen LogP contribution in [0.5, 0.6) is 0 Å². The summed E-state index contributed by atoms with van der Waals surface area (Å²) in [6.07, 6.45) is 2.82. The van der Waals surface area contributed by atoms with Gasteiger partial charge in [-0.15, -0.1) is 0 Å². The van der Waals surface area contributed by atoms with E-state index in [4.69, 9.17) is 10.4 Å². The molecule has 3 aromatic heterocycles. The highest BCUT2D eigenvalue weighted by atomic mass is 16.4. The summed E-state index contributed by atoms with van der Waals surface area (Å²) in [5.74, 6) is -0.647. The van der Waals surface area contributed by atoms with Crippen LogP contribution in [0.2, 0.25) is 0 Å². The number of aromatic nitrogens is 4. The minimum atomic E-state index is -1.06. The van der Waals surface area contributed by atoms with Crippen molar-refractivity contribution >= 4 is 17.1 Å². The summed E-state index contributed by atoms with van der Waals surface area (Å²) in [5, 5.41) is 17.8. The molecule has 0 fully saturated rings. The molecule has 0 saturated carbocycles. The zero-order chi connectivity index (χ0) is 14.1. The topological polar surface area (TPSA) is 116 Å². The molecular formula is C13H7N5O2. The average molecular weight is 265 g/mol. The van der Waals surface area contributed by atoms with Crippen LogP contribution in [0.15, 0.2) is 30.6 Å². The van der Waals surface area contributed by atoms with E-state index in [0.29, 0.717) is 28.2 Å². The molecule has 0 spiro atoms. The molecule has 0 aliphatic heterocycles. The summed E-state index contributed by atoms with van der Waals surface area (Å²) in [7, 11) is 0. The van der Waals surface area contributed by atoms with Gasteiger partial charge >= 0.3 is 5.97 Å². The maximum Gasteiger partial charge on any atom is 0.338 e. The molecule has 0 aromatic carbocycles. The predicted octanol–water partition coefficient (Wildman–Crippen LogP) is 1.59. The Bertz CT molecular complexity index is 845. The molecule has 96 valence electrons. The molecule has 0 unspecified atom stereocenters. The lowest BCUT2D eigenvalue weighted by atomic mass is 10.2. The van der Waals surface area contributed by atoms with Gasteiger partial charge in [0.1, 0.15) is 11.8 Å². The second kappa shape index (κ2) is 4.44. The summed E-state index contributed by atoms with van der Waals surface area (Å²) in [6, 6.07) is 6.62. The average Bonchev–Trinajstić information content (AvgIpc) is 2.90. The number of nitrogens with one attached hydrogen (secondary N) is 1.